The summed E-state index contributed by atoms with van der Waals surface area (Å²) in [7, 11) is 0. The molecule has 1 spiro atoms. The van der Waals surface area contributed by atoms with Gasteiger partial charge in [-0.1, -0.05) is 104 Å². The Labute approximate surface area is 347 Å². The van der Waals surface area contributed by atoms with Gasteiger partial charge in [-0.15, -0.1) is 29.1 Å². The van der Waals surface area contributed by atoms with E-state index in [-0.39, 0.29) is 48.9 Å². The Balaban J connectivity index is 0.000000360. The number of hydrogen-bond donors (Lipinski definition) is 1. The molecule has 3 nitrogen and oxygen atoms in total. The molecule has 4 heteroatoms. The first kappa shape index (κ1) is 44.9. The third kappa shape index (κ3) is 10.6. The molecule has 0 amide bonds. The van der Waals surface area contributed by atoms with Crippen LogP contribution in [0.4, 0.5) is 0 Å². The van der Waals surface area contributed by atoms with E-state index < -0.39 is 0 Å². The van der Waals surface area contributed by atoms with Gasteiger partial charge in [0.2, 0.25) is 0 Å². The van der Waals surface area contributed by atoms with Gasteiger partial charge in [0.1, 0.15) is 0 Å². The van der Waals surface area contributed by atoms with Crippen molar-refractivity contribution in [2.75, 3.05) is 0 Å². The number of aromatic nitrogens is 1. The van der Waals surface area contributed by atoms with Gasteiger partial charge in [0, 0.05) is 49.1 Å². The summed E-state index contributed by atoms with van der Waals surface area (Å²) in [4.78, 5) is 17.0. The first-order valence-corrected chi connectivity index (χ1v) is 21.4. The topological polar surface area (TPSA) is 50.2 Å². The van der Waals surface area contributed by atoms with Crippen LogP contribution in [-0.4, -0.2) is 15.9 Å². The third-order valence-electron chi connectivity index (χ3n) is 13.4. The molecule has 2 aliphatic carbocycles. The fourth-order valence-electron chi connectivity index (χ4n) is 9.52. The van der Waals surface area contributed by atoms with Gasteiger partial charge < -0.3 is 5.11 Å². The number of fused-ring (bicyclic) bond motifs is 2. The average molecular weight is 921 g/mol. The Morgan fingerprint density at radius 3 is 2.05 bits per heavy atom. The molecule has 0 bridgehead atoms. The SMILES string of the molecule is CCC(CC)C(=O)/C=C(\O)C(CC)CC.Cc1cc(C)c2c(C3CCC4(CC3)CCC(C)(C)CC4)cc(-c3[c-]c4ccccc4c(C(C)(C)C)c3)nc2c1.[Ir]. The Morgan fingerprint density at radius 2 is 1.47 bits per heavy atom. The van der Waals surface area contributed by atoms with Crippen LogP contribution >= 0.6 is 0 Å². The molecule has 1 radical (unpaired) electrons. The van der Waals surface area contributed by atoms with Crippen LogP contribution in [0.5, 0.6) is 0 Å². The molecule has 2 aliphatic rings. The van der Waals surface area contributed by atoms with Crippen LogP contribution in [-0.2, 0) is 30.3 Å². The van der Waals surface area contributed by atoms with E-state index in [1.54, 1.807) is 0 Å². The molecular formula is C51H70IrNO2-. The Bertz CT molecular complexity index is 1940. The number of hydrogen-bond acceptors (Lipinski definition) is 3. The second-order valence-corrected chi connectivity index (χ2v) is 18.9. The smallest absolute Gasteiger partial charge is 0.162 e. The van der Waals surface area contributed by atoms with Gasteiger partial charge in [-0.05, 0) is 136 Å². The maximum Gasteiger partial charge on any atom is 0.162 e. The summed E-state index contributed by atoms with van der Waals surface area (Å²) in [5.41, 5.74) is 10.1. The second-order valence-electron chi connectivity index (χ2n) is 18.9. The first-order valence-electron chi connectivity index (χ1n) is 21.4. The molecule has 3 aromatic carbocycles. The Hall–Kier alpha value is -2.81. The van der Waals surface area contributed by atoms with Crippen molar-refractivity contribution in [1.82, 2.24) is 4.98 Å². The Morgan fingerprint density at radius 1 is 0.873 bits per heavy atom. The maximum absolute atomic E-state index is 11.7. The summed E-state index contributed by atoms with van der Waals surface area (Å²) in [6, 6.07) is 22.0. The number of carbonyl (C=O) groups excluding carboxylic acids is 1. The van der Waals surface area contributed by atoms with Crippen LogP contribution in [0.25, 0.3) is 32.9 Å². The van der Waals surface area contributed by atoms with Crippen molar-refractivity contribution < 1.29 is 30.0 Å². The number of ketones is 1. The molecule has 0 atom stereocenters. The summed E-state index contributed by atoms with van der Waals surface area (Å²) in [6.45, 7) is 24.4. The number of carbonyl (C=O) groups is 1. The zero-order valence-electron chi connectivity index (χ0n) is 36.0. The zero-order chi connectivity index (χ0) is 39.4. The van der Waals surface area contributed by atoms with Gasteiger partial charge in [-0.2, -0.15) is 0 Å². The predicted molar refractivity (Wildman–Crippen MR) is 231 cm³/mol. The normalized spacial score (nSPS) is 17.4. The quantitative estimate of drug-likeness (QED) is 0.103. The van der Waals surface area contributed by atoms with E-state index in [4.69, 9.17) is 4.98 Å². The van der Waals surface area contributed by atoms with Crippen molar-refractivity contribution in [3.8, 4) is 11.3 Å². The van der Waals surface area contributed by atoms with E-state index in [2.05, 4.69) is 103 Å². The predicted octanol–water partition coefficient (Wildman–Crippen LogP) is 14.9. The number of aliphatic hydroxyl groups is 1. The minimum absolute atomic E-state index is 0. The van der Waals surface area contributed by atoms with Gasteiger partial charge in [-0.25, -0.2) is 0 Å². The van der Waals surface area contributed by atoms with Crippen molar-refractivity contribution in [1.29, 1.82) is 0 Å². The molecule has 0 aliphatic heterocycles. The van der Waals surface area contributed by atoms with Crippen molar-refractivity contribution >= 4 is 27.5 Å². The number of benzene rings is 3. The van der Waals surface area contributed by atoms with E-state index in [1.165, 1.54) is 95.9 Å². The van der Waals surface area contributed by atoms with E-state index in [0.717, 1.165) is 42.5 Å². The van der Waals surface area contributed by atoms with Gasteiger partial charge >= 0.3 is 0 Å². The van der Waals surface area contributed by atoms with E-state index in [1.807, 2.05) is 27.7 Å². The van der Waals surface area contributed by atoms with E-state index in [9.17, 15) is 9.90 Å². The molecule has 1 N–H and O–H groups in total. The molecule has 6 rings (SSSR count). The van der Waals surface area contributed by atoms with Crippen molar-refractivity contribution in [2.24, 2.45) is 22.7 Å². The average Bonchev–Trinajstić information content (AvgIpc) is 3.13. The third-order valence-corrected chi connectivity index (χ3v) is 13.4. The second kappa shape index (κ2) is 18.6. The monoisotopic (exact) mass is 922 g/mol. The van der Waals surface area contributed by atoms with Crippen LogP contribution < -0.4 is 0 Å². The standard InChI is InChI=1S/C38H46N.C13H24O2.Ir/c1-25-20-26(2)35-31(27-12-14-38(15-13-27)18-16-37(6,7)17-19-38)24-33(39-34(35)21-25)29-22-28-10-8-9-11-30(28)32(23-29)36(3,4)5;1-5-10(6-2)12(14)9-13(15)11(7-3)8-4;/h8-11,20-21,23-24,27H,12-19H2,1-7H3;9-11,14H,5-8H2,1-4H3;/q-1;;/b;12-9-;. The number of nitrogens with zero attached hydrogens (tertiary/aromatic N) is 1. The van der Waals surface area contributed by atoms with Gasteiger partial charge in [0.15, 0.2) is 5.78 Å². The van der Waals surface area contributed by atoms with Crippen LogP contribution in [0.15, 0.2) is 60.4 Å². The minimum Gasteiger partial charge on any atom is -0.512 e. The van der Waals surface area contributed by atoms with Crippen LogP contribution in [0, 0.1) is 42.6 Å². The number of rotatable bonds is 9. The van der Waals surface area contributed by atoms with Gasteiger partial charge in [0.25, 0.3) is 0 Å². The molecule has 0 unspecified atom stereocenters. The molecule has 4 aromatic rings. The number of aryl methyl sites for hydroxylation is 2. The number of aliphatic hydroxyl groups excluding tert-OH is 1. The van der Waals surface area contributed by atoms with Crippen LogP contribution in [0.1, 0.15) is 168 Å². The number of pyridine rings is 1. The zero-order valence-corrected chi connectivity index (χ0v) is 38.4. The fourth-order valence-corrected chi connectivity index (χ4v) is 9.52. The van der Waals surface area contributed by atoms with Crippen molar-refractivity contribution in [3.63, 3.8) is 0 Å². The molecule has 2 saturated carbocycles. The summed E-state index contributed by atoms with van der Waals surface area (Å²) in [6.07, 6.45) is 15.9. The number of allylic oxidation sites excluding steroid dienone is 2. The molecule has 2 fully saturated rings. The summed E-state index contributed by atoms with van der Waals surface area (Å²) >= 11 is 0. The molecule has 0 saturated heterocycles. The molecular weight excluding hydrogens is 851 g/mol. The maximum atomic E-state index is 11.7. The fraction of sp³-hybridized carbons (Fsp3) is 0.569. The van der Waals surface area contributed by atoms with Crippen LogP contribution in [0.3, 0.4) is 0 Å². The van der Waals surface area contributed by atoms with E-state index >= 15 is 0 Å². The summed E-state index contributed by atoms with van der Waals surface area (Å²) in [5, 5.41) is 13.6. The van der Waals surface area contributed by atoms with E-state index in [0.29, 0.717) is 16.7 Å². The largest absolute Gasteiger partial charge is 0.512 e. The summed E-state index contributed by atoms with van der Waals surface area (Å²) < 4.78 is 0. The molecule has 55 heavy (non-hydrogen) atoms. The van der Waals surface area contributed by atoms with Crippen LogP contribution in [0.2, 0.25) is 0 Å². The Kier molecular flexibility index (Phi) is 15.2. The first-order chi connectivity index (χ1) is 25.5. The minimum atomic E-state index is 0. The molecule has 1 heterocycles. The van der Waals surface area contributed by atoms with Crippen molar-refractivity contribution in [3.05, 3.63) is 88.7 Å². The molecule has 1 aromatic heterocycles. The van der Waals surface area contributed by atoms with Crippen molar-refractivity contribution in [2.45, 2.75) is 165 Å². The van der Waals surface area contributed by atoms with Gasteiger partial charge in [-0.3, -0.25) is 9.78 Å². The summed E-state index contributed by atoms with van der Waals surface area (Å²) in [5.74, 6) is 1.16. The molecule has 301 valence electrons. The van der Waals surface area contributed by atoms with Gasteiger partial charge in [0.05, 0.1) is 11.3 Å².